The highest BCUT2D eigenvalue weighted by molar-refractivity contribution is 6.10. The Morgan fingerprint density at radius 3 is 2.26 bits per heavy atom. The van der Waals surface area contributed by atoms with Crippen molar-refractivity contribution in [3.8, 4) is 6.07 Å². The number of nitriles is 1. The molecule has 7 nitrogen and oxygen atoms in total. The van der Waals surface area contributed by atoms with E-state index in [1.165, 1.54) is 29.2 Å². The number of piperazine rings is 1. The van der Waals surface area contributed by atoms with Gasteiger partial charge in [0, 0.05) is 6.54 Å². The van der Waals surface area contributed by atoms with Gasteiger partial charge in [-0.05, 0) is 69.5 Å². The number of hydrogen-bond acceptors (Lipinski definition) is 5. The molecule has 4 rings (SSSR count). The number of nitrogens with zero attached hydrogens (tertiary/aromatic N) is 3. The summed E-state index contributed by atoms with van der Waals surface area (Å²) in [5, 5.41) is 9.02. The molecule has 1 aliphatic heterocycles. The molecule has 2 amide bonds. The second-order valence-corrected chi connectivity index (χ2v) is 10.5. The van der Waals surface area contributed by atoms with Crippen LogP contribution in [0.2, 0.25) is 0 Å². The second-order valence-electron chi connectivity index (χ2n) is 10.5. The third-order valence-corrected chi connectivity index (χ3v) is 6.65. The summed E-state index contributed by atoms with van der Waals surface area (Å²) in [5.74, 6) is -3.28. The van der Waals surface area contributed by atoms with Gasteiger partial charge in [-0.15, -0.1) is 0 Å². The number of ether oxygens (including phenoxy) is 1. The predicted octanol–water partition coefficient (Wildman–Crippen LogP) is 4.58. The molecule has 0 radical (unpaired) electrons. The molecule has 0 atom stereocenters. The first-order valence-corrected chi connectivity index (χ1v) is 11.9. The number of carbonyl (C=O) groups excluding carboxylic acids is 3. The minimum absolute atomic E-state index is 0.0364. The van der Waals surface area contributed by atoms with Gasteiger partial charge in [0.15, 0.2) is 0 Å². The summed E-state index contributed by atoms with van der Waals surface area (Å²) in [6.45, 7) is 4.40. The van der Waals surface area contributed by atoms with Crippen LogP contribution in [-0.4, -0.2) is 40.4 Å². The number of rotatable bonds is 4. The Labute approximate surface area is 216 Å². The van der Waals surface area contributed by atoms with Gasteiger partial charge < -0.3 is 9.64 Å². The molecule has 0 aromatic heterocycles. The third kappa shape index (κ3) is 5.08. The maximum Gasteiger partial charge on any atom is 0.416 e. The summed E-state index contributed by atoms with van der Waals surface area (Å²) >= 11 is 0. The fourth-order valence-electron chi connectivity index (χ4n) is 4.81. The smallest absolute Gasteiger partial charge is 0.416 e. The Hall–Kier alpha value is -3.94. The van der Waals surface area contributed by atoms with Crippen LogP contribution < -0.4 is 4.90 Å². The first-order chi connectivity index (χ1) is 17.6. The SMILES string of the molecule is CC(C)(C)OC(=O)C1CC2(C1)C(=O)N(c1ccc(C#N)cc1F)CC(=O)N2Cc1ccc(C(F)(F)F)cc1. The van der Waals surface area contributed by atoms with Crippen LogP contribution in [0.15, 0.2) is 42.5 Å². The van der Waals surface area contributed by atoms with Crippen LogP contribution in [0.1, 0.15) is 50.3 Å². The minimum Gasteiger partial charge on any atom is -0.460 e. The molecule has 1 saturated carbocycles. The molecule has 38 heavy (non-hydrogen) atoms. The van der Waals surface area contributed by atoms with Crippen molar-refractivity contribution in [3.63, 3.8) is 0 Å². The van der Waals surface area contributed by atoms with Crippen LogP contribution in [0, 0.1) is 23.1 Å². The topological polar surface area (TPSA) is 90.7 Å². The molecule has 1 heterocycles. The van der Waals surface area contributed by atoms with E-state index in [9.17, 15) is 31.9 Å². The minimum atomic E-state index is -4.53. The molecule has 0 bridgehead atoms. The number of halogens is 4. The fraction of sp³-hybridized carbons (Fsp3) is 0.407. The fourth-order valence-corrected chi connectivity index (χ4v) is 4.81. The van der Waals surface area contributed by atoms with E-state index in [2.05, 4.69) is 0 Å². The molecule has 1 aliphatic carbocycles. The molecule has 200 valence electrons. The molecule has 0 N–H and O–H groups in total. The van der Waals surface area contributed by atoms with E-state index in [-0.39, 0.29) is 30.6 Å². The van der Waals surface area contributed by atoms with Crippen molar-refractivity contribution < 1.29 is 36.7 Å². The number of hydrogen-bond donors (Lipinski definition) is 0. The molecule has 2 fully saturated rings. The van der Waals surface area contributed by atoms with Crippen molar-refractivity contribution in [2.45, 2.75) is 57.5 Å². The molecule has 1 spiro atoms. The number of carbonyl (C=O) groups is 3. The van der Waals surface area contributed by atoms with Crippen molar-refractivity contribution in [1.82, 2.24) is 4.90 Å². The lowest BCUT2D eigenvalue weighted by Gasteiger charge is -2.56. The normalized spacial score (nSPS) is 21.8. The molecule has 1 saturated heterocycles. The standard InChI is InChI=1S/C27H25F4N3O4/c1-25(2,3)38-23(36)18-11-26(12-18)24(37)33(21-9-6-17(13-32)10-20(21)28)15-22(35)34(26)14-16-4-7-19(8-5-16)27(29,30)31/h4-10,18H,11-12,14-15H2,1-3H3. The van der Waals surface area contributed by atoms with Crippen LogP contribution in [0.3, 0.4) is 0 Å². The highest BCUT2D eigenvalue weighted by atomic mass is 19.4. The van der Waals surface area contributed by atoms with Crippen molar-refractivity contribution >= 4 is 23.5 Å². The van der Waals surface area contributed by atoms with Gasteiger partial charge >= 0.3 is 12.1 Å². The average molecular weight is 532 g/mol. The van der Waals surface area contributed by atoms with Crippen LogP contribution in [0.4, 0.5) is 23.2 Å². The van der Waals surface area contributed by atoms with Gasteiger partial charge in [0.2, 0.25) is 5.91 Å². The van der Waals surface area contributed by atoms with Crippen molar-refractivity contribution in [1.29, 1.82) is 5.26 Å². The Bertz CT molecular complexity index is 1320. The Morgan fingerprint density at radius 2 is 1.74 bits per heavy atom. The average Bonchev–Trinajstić information content (AvgIpc) is 2.79. The predicted molar refractivity (Wildman–Crippen MR) is 127 cm³/mol. The molecule has 11 heteroatoms. The number of alkyl halides is 3. The number of benzene rings is 2. The van der Waals surface area contributed by atoms with Gasteiger partial charge in [0.25, 0.3) is 5.91 Å². The summed E-state index contributed by atoms with van der Waals surface area (Å²) in [7, 11) is 0. The molecule has 2 aliphatic rings. The Morgan fingerprint density at radius 1 is 1.11 bits per heavy atom. The summed E-state index contributed by atoms with van der Waals surface area (Å²) in [6, 6.07) is 9.55. The third-order valence-electron chi connectivity index (χ3n) is 6.65. The van der Waals surface area contributed by atoms with E-state index in [1.54, 1.807) is 26.8 Å². The largest absolute Gasteiger partial charge is 0.460 e. The summed E-state index contributed by atoms with van der Waals surface area (Å²) in [5.41, 5.74) is -2.93. The number of esters is 1. The highest BCUT2D eigenvalue weighted by Crippen LogP contribution is 2.48. The van der Waals surface area contributed by atoms with Crippen LogP contribution >= 0.6 is 0 Å². The summed E-state index contributed by atoms with van der Waals surface area (Å²) < 4.78 is 59.2. The zero-order valence-corrected chi connectivity index (χ0v) is 20.9. The summed E-state index contributed by atoms with van der Waals surface area (Å²) in [4.78, 5) is 42.1. The zero-order valence-electron chi connectivity index (χ0n) is 20.9. The van der Waals surface area contributed by atoms with Gasteiger partial charge in [-0.3, -0.25) is 19.3 Å². The van der Waals surface area contributed by atoms with Gasteiger partial charge in [0.05, 0.1) is 28.8 Å². The van der Waals surface area contributed by atoms with E-state index in [0.29, 0.717) is 5.56 Å². The lowest BCUT2D eigenvalue weighted by Crippen LogP contribution is -2.73. The monoisotopic (exact) mass is 531 g/mol. The van der Waals surface area contributed by atoms with Gasteiger partial charge in [0.1, 0.15) is 23.5 Å². The Balaban J connectivity index is 1.67. The van der Waals surface area contributed by atoms with E-state index < -0.39 is 58.9 Å². The lowest BCUT2D eigenvalue weighted by molar-refractivity contribution is -0.178. The first kappa shape index (κ1) is 27.1. The van der Waals surface area contributed by atoms with Gasteiger partial charge in [-0.2, -0.15) is 18.4 Å². The highest BCUT2D eigenvalue weighted by Gasteiger charge is 2.62. The van der Waals surface area contributed by atoms with Crippen LogP contribution in [-0.2, 0) is 31.8 Å². The molecular formula is C27H25F4N3O4. The van der Waals surface area contributed by atoms with Gasteiger partial charge in [-0.25, -0.2) is 4.39 Å². The molecule has 0 unspecified atom stereocenters. The number of amides is 2. The van der Waals surface area contributed by atoms with Gasteiger partial charge in [-0.1, -0.05) is 12.1 Å². The number of anilines is 1. The van der Waals surface area contributed by atoms with Crippen LogP contribution in [0.25, 0.3) is 0 Å². The van der Waals surface area contributed by atoms with E-state index in [0.717, 1.165) is 23.1 Å². The van der Waals surface area contributed by atoms with E-state index in [1.807, 2.05) is 0 Å². The van der Waals surface area contributed by atoms with E-state index in [4.69, 9.17) is 10.00 Å². The Kier molecular flexibility index (Phi) is 6.72. The maximum absolute atomic E-state index is 14.8. The van der Waals surface area contributed by atoms with E-state index >= 15 is 0 Å². The summed E-state index contributed by atoms with van der Waals surface area (Å²) in [6.07, 6.45) is -4.69. The van der Waals surface area contributed by atoms with Crippen LogP contribution in [0.5, 0.6) is 0 Å². The molecular weight excluding hydrogens is 506 g/mol. The maximum atomic E-state index is 14.8. The molecule has 2 aromatic carbocycles. The van der Waals surface area contributed by atoms with Crippen molar-refractivity contribution in [3.05, 3.63) is 65.0 Å². The zero-order chi connectivity index (χ0) is 28.0. The molecule has 2 aromatic rings. The van der Waals surface area contributed by atoms with Crippen molar-refractivity contribution in [2.75, 3.05) is 11.4 Å². The second kappa shape index (κ2) is 9.42. The van der Waals surface area contributed by atoms with Crippen molar-refractivity contribution in [2.24, 2.45) is 5.92 Å². The lowest BCUT2D eigenvalue weighted by atomic mass is 9.65. The quantitative estimate of drug-likeness (QED) is 0.426. The first-order valence-electron chi connectivity index (χ1n) is 11.9.